The lowest BCUT2D eigenvalue weighted by atomic mass is 10.2. The molecule has 1 heterocycles. The first-order valence-electron chi connectivity index (χ1n) is 7.03. The van der Waals surface area contributed by atoms with Crippen LogP contribution in [0.2, 0.25) is 0 Å². The molecular weight excluding hydrogens is 272 g/mol. The number of amides is 1. The Kier molecular flexibility index (Phi) is 5.41. The number of ether oxygens (including phenoxy) is 2. The third-order valence-electron chi connectivity index (χ3n) is 3.54. The number of carbonyl (C=O) groups excluding carboxylic acids is 1. The summed E-state index contributed by atoms with van der Waals surface area (Å²) in [6.45, 7) is 1.40. The fraction of sp³-hybridized carbons (Fsp3) is 0.533. The number of likely N-dealkylation sites (N-methyl/N-ethyl adjacent to an activating group) is 1. The predicted molar refractivity (Wildman–Crippen MR) is 78.5 cm³/mol. The van der Waals surface area contributed by atoms with Gasteiger partial charge in [-0.25, -0.2) is 0 Å². The zero-order valence-corrected chi connectivity index (χ0v) is 12.4. The molecule has 1 aliphatic rings. The fourth-order valence-electron chi connectivity index (χ4n) is 2.25. The van der Waals surface area contributed by atoms with Crippen molar-refractivity contribution in [1.29, 1.82) is 0 Å². The van der Waals surface area contributed by atoms with Gasteiger partial charge in [0.15, 0.2) is 0 Å². The van der Waals surface area contributed by atoms with Crippen LogP contribution in [-0.4, -0.2) is 61.9 Å². The monoisotopic (exact) mass is 294 g/mol. The quantitative estimate of drug-likeness (QED) is 0.787. The lowest BCUT2D eigenvalue weighted by molar-refractivity contribution is -0.132. The van der Waals surface area contributed by atoms with Crippen LogP contribution in [0.25, 0.3) is 0 Å². The summed E-state index contributed by atoms with van der Waals surface area (Å²) < 4.78 is 10.7. The Balaban J connectivity index is 1.73. The van der Waals surface area contributed by atoms with Crippen LogP contribution in [0.3, 0.4) is 0 Å². The van der Waals surface area contributed by atoms with Gasteiger partial charge in [-0.15, -0.1) is 0 Å². The third kappa shape index (κ3) is 4.34. The van der Waals surface area contributed by atoms with E-state index >= 15 is 0 Å². The highest BCUT2D eigenvalue weighted by Crippen LogP contribution is 2.17. The zero-order valence-electron chi connectivity index (χ0n) is 12.4. The second kappa shape index (κ2) is 7.28. The van der Waals surface area contributed by atoms with Gasteiger partial charge in [0.1, 0.15) is 18.1 Å². The molecule has 1 aromatic carbocycles. The van der Waals surface area contributed by atoms with Crippen molar-refractivity contribution < 1.29 is 19.4 Å². The molecule has 0 aliphatic carbocycles. The summed E-state index contributed by atoms with van der Waals surface area (Å²) in [5.41, 5.74) is 0. The molecule has 0 saturated carbocycles. The number of benzene rings is 1. The lowest BCUT2D eigenvalue weighted by Gasteiger charge is -2.21. The minimum absolute atomic E-state index is 0.00937. The molecule has 1 fully saturated rings. The number of nitrogens with zero attached hydrogens (tertiary/aromatic N) is 1. The molecule has 2 rings (SSSR count). The fourth-order valence-corrected chi connectivity index (χ4v) is 2.25. The van der Waals surface area contributed by atoms with Crippen LogP contribution in [0.15, 0.2) is 24.3 Å². The van der Waals surface area contributed by atoms with Crippen molar-refractivity contribution in [3.63, 3.8) is 0 Å². The van der Waals surface area contributed by atoms with E-state index in [1.807, 2.05) is 24.3 Å². The summed E-state index contributed by atoms with van der Waals surface area (Å²) in [7, 11) is 3.36. The second-order valence-electron chi connectivity index (χ2n) is 5.13. The van der Waals surface area contributed by atoms with E-state index in [0.29, 0.717) is 26.1 Å². The average molecular weight is 294 g/mol. The first-order valence-corrected chi connectivity index (χ1v) is 7.03. The highest BCUT2D eigenvalue weighted by molar-refractivity contribution is 5.82. The molecule has 6 heteroatoms. The number of β-amino-alcohol motifs (C(OH)–C–C–N with tert-alkyl or cyclic N) is 1. The van der Waals surface area contributed by atoms with E-state index in [4.69, 9.17) is 9.47 Å². The van der Waals surface area contributed by atoms with Gasteiger partial charge in [-0.1, -0.05) is 0 Å². The van der Waals surface area contributed by atoms with E-state index < -0.39 is 6.10 Å². The molecule has 0 spiro atoms. The Hall–Kier alpha value is -1.79. The van der Waals surface area contributed by atoms with E-state index in [-0.39, 0.29) is 11.9 Å². The molecule has 116 valence electrons. The first-order chi connectivity index (χ1) is 10.1. The van der Waals surface area contributed by atoms with Crippen LogP contribution >= 0.6 is 0 Å². The van der Waals surface area contributed by atoms with Crippen LogP contribution in [0.5, 0.6) is 11.5 Å². The van der Waals surface area contributed by atoms with Crippen molar-refractivity contribution in [2.45, 2.75) is 18.6 Å². The molecule has 2 unspecified atom stereocenters. The highest BCUT2D eigenvalue weighted by Gasteiger charge is 2.29. The molecule has 21 heavy (non-hydrogen) atoms. The summed E-state index contributed by atoms with van der Waals surface area (Å²) in [6.07, 6.45) is 0.0468. The number of methoxy groups -OCH3 is 1. The summed E-state index contributed by atoms with van der Waals surface area (Å²) in [5.74, 6) is 1.51. The zero-order chi connectivity index (χ0) is 15.2. The smallest absolute Gasteiger partial charge is 0.239 e. The number of aliphatic hydroxyl groups is 1. The maximum absolute atomic E-state index is 12.1. The van der Waals surface area contributed by atoms with E-state index in [2.05, 4.69) is 5.32 Å². The molecule has 0 radical (unpaired) electrons. The van der Waals surface area contributed by atoms with Crippen LogP contribution in [-0.2, 0) is 4.79 Å². The summed E-state index contributed by atoms with van der Waals surface area (Å²) in [6, 6.07) is 7.03. The minimum Gasteiger partial charge on any atom is -0.497 e. The van der Waals surface area contributed by atoms with E-state index in [1.54, 1.807) is 19.1 Å². The Labute approximate surface area is 124 Å². The van der Waals surface area contributed by atoms with Gasteiger partial charge in [-0.3, -0.25) is 4.79 Å². The molecule has 1 aromatic rings. The second-order valence-corrected chi connectivity index (χ2v) is 5.13. The average Bonchev–Trinajstić information content (AvgIpc) is 2.93. The molecule has 1 amide bonds. The number of aliphatic hydroxyl groups excluding tert-OH is 1. The van der Waals surface area contributed by atoms with E-state index in [1.165, 1.54) is 0 Å². The highest BCUT2D eigenvalue weighted by atomic mass is 16.5. The molecule has 0 bridgehead atoms. The molecule has 1 saturated heterocycles. The van der Waals surface area contributed by atoms with Crippen molar-refractivity contribution in [1.82, 2.24) is 10.2 Å². The molecule has 6 nitrogen and oxygen atoms in total. The molecule has 2 N–H and O–H groups in total. The van der Waals surface area contributed by atoms with Crippen molar-refractivity contribution in [2.24, 2.45) is 0 Å². The van der Waals surface area contributed by atoms with Crippen molar-refractivity contribution in [3.05, 3.63) is 24.3 Å². The van der Waals surface area contributed by atoms with Gasteiger partial charge in [0.25, 0.3) is 0 Å². The summed E-state index contributed by atoms with van der Waals surface area (Å²) >= 11 is 0. The van der Waals surface area contributed by atoms with Gasteiger partial charge < -0.3 is 24.8 Å². The van der Waals surface area contributed by atoms with Crippen LogP contribution < -0.4 is 14.8 Å². The Morgan fingerprint density at radius 3 is 2.62 bits per heavy atom. The topological polar surface area (TPSA) is 71.0 Å². The number of nitrogens with one attached hydrogen (secondary N) is 1. The molecule has 1 aliphatic heterocycles. The summed E-state index contributed by atoms with van der Waals surface area (Å²) in [5, 5.41) is 12.4. The van der Waals surface area contributed by atoms with E-state index in [9.17, 15) is 9.90 Å². The summed E-state index contributed by atoms with van der Waals surface area (Å²) in [4.78, 5) is 13.7. The number of rotatable bonds is 6. The largest absolute Gasteiger partial charge is 0.497 e. The Morgan fingerprint density at radius 2 is 2.05 bits per heavy atom. The molecule has 2 atom stereocenters. The normalized spacial score (nSPS) is 21.1. The van der Waals surface area contributed by atoms with Gasteiger partial charge >= 0.3 is 0 Å². The molecule has 0 aromatic heterocycles. The lowest BCUT2D eigenvalue weighted by Crippen LogP contribution is -2.43. The van der Waals surface area contributed by atoms with Gasteiger partial charge in [0.05, 0.1) is 25.8 Å². The van der Waals surface area contributed by atoms with Crippen LogP contribution in [0.1, 0.15) is 6.42 Å². The SMILES string of the molecule is COc1ccc(OCCN(C)C(=O)C2CC(O)CN2)cc1. The van der Waals surface area contributed by atoms with Gasteiger partial charge in [-0.2, -0.15) is 0 Å². The maximum Gasteiger partial charge on any atom is 0.239 e. The number of carbonyl (C=O) groups is 1. The number of hydrogen-bond acceptors (Lipinski definition) is 5. The first kappa shape index (κ1) is 15.6. The Bertz CT molecular complexity index is 463. The third-order valence-corrected chi connectivity index (χ3v) is 3.54. The standard InChI is InChI=1S/C15H22N2O4/c1-17(15(19)14-9-11(18)10-16-14)7-8-21-13-5-3-12(20-2)4-6-13/h3-6,11,14,16,18H,7-10H2,1-2H3. The van der Waals surface area contributed by atoms with Gasteiger partial charge in [-0.05, 0) is 30.7 Å². The van der Waals surface area contributed by atoms with Crippen molar-refractivity contribution in [2.75, 3.05) is 33.9 Å². The Morgan fingerprint density at radius 1 is 1.38 bits per heavy atom. The van der Waals surface area contributed by atoms with Crippen LogP contribution in [0, 0.1) is 0 Å². The number of hydrogen-bond donors (Lipinski definition) is 2. The predicted octanol–water partition coefficient (Wildman–Crippen LogP) is 0.255. The maximum atomic E-state index is 12.1. The van der Waals surface area contributed by atoms with Crippen LogP contribution in [0.4, 0.5) is 0 Å². The minimum atomic E-state index is -0.428. The molecular formula is C15H22N2O4. The van der Waals surface area contributed by atoms with Crippen molar-refractivity contribution >= 4 is 5.91 Å². The van der Waals surface area contributed by atoms with E-state index in [0.717, 1.165) is 11.5 Å². The van der Waals surface area contributed by atoms with Gasteiger partial charge in [0.2, 0.25) is 5.91 Å². The van der Waals surface area contributed by atoms with Crippen molar-refractivity contribution in [3.8, 4) is 11.5 Å². The van der Waals surface area contributed by atoms with Gasteiger partial charge in [0, 0.05) is 13.6 Å².